The molecular weight excluding hydrogens is 200 g/mol. The van der Waals surface area contributed by atoms with Gasteiger partial charge in [-0.3, -0.25) is 0 Å². The summed E-state index contributed by atoms with van der Waals surface area (Å²) < 4.78 is 0. The van der Waals surface area contributed by atoms with E-state index in [-0.39, 0.29) is 5.41 Å². The molecule has 0 spiro atoms. The van der Waals surface area contributed by atoms with Crippen molar-refractivity contribution in [1.29, 1.82) is 0 Å². The maximum atomic E-state index is 10.1. The third-order valence-corrected chi connectivity index (χ3v) is 2.21. The molecule has 0 aromatic rings. The van der Waals surface area contributed by atoms with Gasteiger partial charge in [-0.25, -0.2) is 0 Å². The minimum atomic E-state index is -1.03. The molecule has 0 aromatic carbocycles. The molecule has 2 unspecified atom stereocenters. The van der Waals surface area contributed by atoms with E-state index in [1.165, 1.54) is 0 Å². The molecule has 0 aliphatic heterocycles. The smallest absolute Gasteiger partial charge is 0.123 e. The fraction of sp³-hybridized carbons (Fsp3) is 0.857. The van der Waals surface area contributed by atoms with E-state index in [1.54, 1.807) is 13.8 Å². The molecule has 0 amide bonds. The maximum absolute atomic E-state index is 10.1. The van der Waals surface area contributed by atoms with Gasteiger partial charge in [-0.1, -0.05) is 46.0 Å². The molecule has 0 aromatic heterocycles. The van der Waals surface area contributed by atoms with Gasteiger partial charge in [-0.05, 0) is 32.1 Å². The van der Waals surface area contributed by atoms with Crippen LogP contribution in [0.2, 0.25) is 0 Å². The molecule has 0 saturated heterocycles. The Balaban J connectivity index is 4.64. The first-order valence-electron chi connectivity index (χ1n) is 5.96. The van der Waals surface area contributed by atoms with E-state index >= 15 is 0 Å². The molecule has 16 heavy (non-hydrogen) atoms. The first-order valence-corrected chi connectivity index (χ1v) is 5.96. The average molecular weight is 226 g/mol. The molecule has 2 N–H and O–H groups in total. The van der Waals surface area contributed by atoms with Crippen LogP contribution in [-0.4, -0.2) is 21.4 Å². The second kappa shape index (κ2) is 5.21. The van der Waals surface area contributed by atoms with E-state index in [9.17, 15) is 10.2 Å². The fourth-order valence-corrected chi connectivity index (χ4v) is 1.90. The van der Waals surface area contributed by atoms with Crippen molar-refractivity contribution in [2.75, 3.05) is 0 Å². The summed E-state index contributed by atoms with van der Waals surface area (Å²) in [5, 5.41) is 20.0. The van der Waals surface area contributed by atoms with Crippen LogP contribution in [0.5, 0.6) is 0 Å². The Morgan fingerprint density at radius 2 is 1.31 bits per heavy atom. The summed E-state index contributed by atoms with van der Waals surface area (Å²) in [5.41, 5.74) is -2.00. The number of aliphatic hydroxyl groups is 2. The Labute approximate surface area is 100 Å². The lowest BCUT2D eigenvalue weighted by Crippen LogP contribution is -2.30. The van der Waals surface area contributed by atoms with E-state index in [0.29, 0.717) is 12.8 Å². The Kier molecular flexibility index (Phi) is 5.04. The lowest BCUT2D eigenvalue weighted by atomic mass is 9.83. The molecule has 0 radical (unpaired) electrons. The second-order valence-corrected chi connectivity index (χ2v) is 6.29. The second-order valence-electron chi connectivity index (χ2n) is 6.29. The van der Waals surface area contributed by atoms with Crippen LogP contribution in [0.1, 0.15) is 60.8 Å². The molecule has 0 rings (SSSR count). The highest BCUT2D eigenvalue weighted by molar-refractivity contribution is 5.19. The largest absolute Gasteiger partial charge is 0.378 e. The molecule has 0 saturated carbocycles. The summed E-state index contributed by atoms with van der Waals surface area (Å²) in [6, 6.07) is 0. The average Bonchev–Trinajstić information content (AvgIpc) is 1.97. The Bertz CT molecular complexity index is 271. The molecule has 0 aliphatic rings. The van der Waals surface area contributed by atoms with Crippen LogP contribution in [0.25, 0.3) is 0 Å². The topological polar surface area (TPSA) is 40.5 Å². The van der Waals surface area contributed by atoms with Crippen molar-refractivity contribution < 1.29 is 10.2 Å². The molecule has 0 heterocycles. The van der Waals surface area contributed by atoms with Gasteiger partial charge in [0.1, 0.15) is 11.2 Å². The predicted octanol–water partition coefficient (Wildman–Crippen LogP) is 2.73. The first kappa shape index (κ1) is 15.5. The monoisotopic (exact) mass is 226 g/mol. The maximum Gasteiger partial charge on any atom is 0.123 e. The number of hydrogen-bond acceptors (Lipinski definition) is 2. The first-order chi connectivity index (χ1) is 6.97. The van der Waals surface area contributed by atoms with Gasteiger partial charge in [0.15, 0.2) is 0 Å². The summed E-state index contributed by atoms with van der Waals surface area (Å²) in [6.07, 6.45) is 2.10. The zero-order valence-electron chi connectivity index (χ0n) is 11.5. The van der Waals surface area contributed by atoms with Crippen molar-refractivity contribution in [1.82, 2.24) is 0 Å². The molecule has 0 bridgehead atoms. The van der Waals surface area contributed by atoms with E-state index in [0.717, 1.165) is 6.42 Å². The van der Waals surface area contributed by atoms with Crippen LogP contribution in [-0.2, 0) is 0 Å². The summed E-state index contributed by atoms with van der Waals surface area (Å²) in [5.74, 6) is 5.57. The van der Waals surface area contributed by atoms with Crippen LogP contribution >= 0.6 is 0 Å². The molecule has 2 atom stereocenters. The molecule has 0 fully saturated rings. The minimum Gasteiger partial charge on any atom is -0.378 e. The van der Waals surface area contributed by atoms with Gasteiger partial charge in [0.2, 0.25) is 0 Å². The molecule has 2 heteroatoms. The van der Waals surface area contributed by atoms with Crippen molar-refractivity contribution in [2.45, 2.75) is 72.0 Å². The predicted molar refractivity (Wildman–Crippen MR) is 68.0 cm³/mol. The van der Waals surface area contributed by atoms with Gasteiger partial charge in [0.05, 0.1) is 0 Å². The van der Waals surface area contributed by atoms with Crippen LogP contribution in [0.15, 0.2) is 0 Å². The zero-order valence-corrected chi connectivity index (χ0v) is 11.5. The Morgan fingerprint density at radius 3 is 1.69 bits per heavy atom. The third-order valence-electron chi connectivity index (χ3n) is 2.21. The van der Waals surface area contributed by atoms with Crippen LogP contribution in [0, 0.1) is 17.3 Å². The van der Waals surface area contributed by atoms with Crippen LogP contribution in [0.3, 0.4) is 0 Å². The van der Waals surface area contributed by atoms with Crippen molar-refractivity contribution >= 4 is 0 Å². The van der Waals surface area contributed by atoms with Crippen molar-refractivity contribution in [2.24, 2.45) is 5.41 Å². The highest BCUT2D eigenvalue weighted by atomic mass is 16.3. The van der Waals surface area contributed by atoms with Gasteiger partial charge in [0.25, 0.3) is 0 Å². The summed E-state index contributed by atoms with van der Waals surface area (Å²) in [7, 11) is 0. The fourth-order valence-electron chi connectivity index (χ4n) is 1.90. The van der Waals surface area contributed by atoms with Crippen LogP contribution < -0.4 is 0 Å². The highest BCUT2D eigenvalue weighted by Gasteiger charge is 2.26. The molecule has 2 nitrogen and oxygen atoms in total. The normalized spacial score (nSPS) is 19.2. The van der Waals surface area contributed by atoms with Gasteiger partial charge >= 0.3 is 0 Å². The zero-order chi connectivity index (χ0) is 13.0. The van der Waals surface area contributed by atoms with Crippen molar-refractivity contribution in [3.05, 3.63) is 0 Å². The van der Waals surface area contributed by atoms with Crippen molar-refractivity contribution in [3.8, 4) is 11.8 Å². The van der Waals surface area contributed by atoms with Gasteiger partial charge in [-0.15, -0.1) is 0 Å². The Morgan fingerprint density at radius 1 is 0.875 bits per heavy atom. The number of rotatable bonds is 3. The minimum absolute atomic E-state index is 0.0226. The van der Waals surface area contributed by atoms with Crippen LogP contribution in [0.4, 0.5) is 0 Å². The van der Waals surface area contributed by atoms with Gasteiger partial charge < -0.3 is 10.2 Å². The number of hydrogen-bond donors (Lipinski definition) is 2. The lowest BCUT2D eigenvalue weighted by molar-refractivity contribution is 0.0706. The van der Waals surface area contributed by atoms with E-state index in [1.807, 2.05) is 6.92 Å². The molecule has 0 aliphatic carbocycles. The van der Waals surface area contributed by atoms with Crippen molar-refractivity contribution in [3.63, 3.8) is 0 Å². The van der Waals surface area contributed by atoms with E-state index in [4.69, 9.17) is 0 Å². The van der Waals surface area contributed by atoms with Gasteiger partial charge in [0, 0.05) is 0 Å². The molecule has 94 valence electrons. The summed E-state index contributed by atoms with van der Waals surface area (Å²) >= 11 is 0. The van der Waals surface area contributed by atoms with E-state index < -0.39 is 11.2 Å². The quantitative estimate of drug-likeness (QED) is 0.726. The highest BCUT2D eigenvalue weighted by Crippen LogP contribution is 2.26. The SMILES string of the molecule is CCCC(C)(O)C#CC(C)(O)CC(C)(C)C. The van der Waals surface area contributed by atoms with Gasteiger partial charge in [-0.2, -0.15) is 0 Å². The molecular formula is C14H26O2. The third kappa shape index (κ3) is 7.73. The van der Waals surface area contributed by atoms with E-state index in [2.05, 4.69) is 32.6 Å². The lowest BCUT2D eigenvalue weighted by Gasteiger charge is -2.27. The Hall–Kier alpha value is -0.520. The standard InChI is InChI=1S/C14H26O2/c1-7-8-13(5,15)9-10-14(6,16)11-12(2,3)4/h15-16H,7-8,11H2,1-6H3. The summed E-state index contributed by atoms with van der Waals surface area (Å²) in [6.45, 7) is 11.6. The summed E-state index contributed by atoms with van der Waals surface area (Å²) in [4.78, 5) is 0.